The fourth-order valence-corrected chi connectivity index (χ4v) is 1.73. The highest BCUT2D eigenvalue weighted by molar-refractivity contribution is 5.97. The zero-order valence-corrected chi connectivity index (χ0v) is 13.7. The summed E-state index contributed by atoms with van der Waals surface area (Å²) in [4.78, 5) is 23.3. The van der Waals surface area contributed by atoms with Crippen LogP contribution in [0, 0.1) is 5.92 Å². The Hall–Kier alpha value is -2.08. The van der Waals surface area contributed by atoms with E-state index in [1.807, 2.05) is 13.8 Å². The summed E-state index contributed by atoms with van der Waals surface area (Å²) in [5.74, 6) is 0.418. The van der Waals surface area contributed by atoms with E-state index < -0.39 is 6.10 Å². The molecule has 0 aliphatic heterocycles. The van der Waals surface area contributed by atoms with Crippen LogP contribution >= 0.6 is 0 Å². The predicted octanol–water partition coefficient (Wildman–Crippen LogP) is 2.65. The van der Waals surface area contributed by atoms with Gasteiger partial charge < -0.3 is 20.1 Å². The summed E-state index contributed by atoms with van der Waals surface area (Å²) in [7, 11) is 1.52. The van der Waals surface area contributed by atoms with Gasteiger partial charge in [0, 0.05) is 19.2 Å². The van der Waals surface area contributed by atoms with Crippen LogP contribution in [0.5, 0.6) is 5.75 Å². The van der Waals surface area contributed by atoms with E-state index >= 15 is 0 Å². The van der Waals surface area contributed by atoms with Crippen LogP contribution in [0.25, 0.3) is 0 Å². The molecule has 122 valence electrons. The molecule has 1 rings (SSSR count). The average molecular weight is 308 g/mol. The summed E-state index contributed by atoms with van der Waals surface area (Å²) in [5, 5.41) is 5.42. The molecule has 1 aromatic carbocycles. The van der Waals surface area contributed by atoms with Crippen molar-refractivity contribution < 1.29 is 19.1 Å². The van der Waals surface area contributed by atoms with E-state index in [1.54, 1.807) is 25.1 Å². The maximum Gasteiger partial charge on any atom is 0.253 e. The molecule has 1 unspecified atom stereocenters. The lowest BCUT2D eigenvalue weighted by Crippen LogP contribution is -2.29. The third-order valence-corrected chi connectivity index (χ3v) is 2.83. The average Bonchev–Trinajstić information content (AvgIpc) is 2.44. The molecule has 0 heterocycles. The molecule has 0 saturated carbocycles. The maximum atomic E-state index is 12.1. The monoisotopic (exact) mass is 308 g/mol. The molecule has 0 radical (unpaired) electrons. The first-order valence-electron chi connectivity index (χ1n) is 7.21. The molecule has 0 spiro atoms. The smallest absolute Gasteiger partial charge is 0.253 e. The van der Waals surface area contributed by atoms with Gasteiger partial charge in [0.05, 0.1) is 12.8 Å². The number of carbonyl (C=O) groups excluding carboxylic acids is 2. The fourth-order valence-electron chi connectivity index (χ4n) is 1.73. The molecule has 6 nitrogen and oxygen atoms in total. The van der Waals surface area contributed by atoms with Crippen LogP contribution in [0.3, 0.4) is 0 Å². The van der Waals surface area contributed by atoms with Gasteiger partial charge in [-0.15, -0.1) is 0 Å². The molecule has 0 saturated heterocycles. The molecule has 0 fully saturated rings. The highest BCUT2D eigenvalue weighted by Crippen LogP contribution is 2.28. The molecule has 6 heteroatoms. The Morgan fingerprint density at radius 3 is 2.41 bits per heavy atom. The van der Waals surface area contributed by atoms with Gasteiger partial charge in [0.25, 0.3) is 5.91 Å². The molecule has 1 aromatic rings. The molecule has 1 atom stereocenters. The van der Waals surface area contributed by atoms with Crippen molar-refractivity contribution in [1.29, 1.82) is 0 Å². The second-order valence-electron chi connectivity index (χ2n) is 5.45. The molecule has 0 bridgehead atoms. The van der Waals surface area contributed by atoms with Crippen molar-refractivity contribution in [3.63, 3.8) is 0 Å². The van der Waals surface area contributed by atoms with Crippen molar-refractivity contribution >= 4 is 23.2 Å². The Labute approximate surface area is 131 Å². The Morgan fingerprint density at radius 1 is 1.18 bits per heavy atom. The Bertz CT molecular complexity index is 529. The van der Waals surface area contributed by atoms with Crippen molar-refractivity contribution in [2.45, 2.75) is 33.8 Å². The van der Waals surface area contributed by atoms with Crippen LogP contribution in [-0.2, 0) is 14.3 Å². The molecule has 2 N–H and O–H groups in total. The van der Waals surface area contributed by atoms with Gasteiger partial charge in [0.15, 0.2) is 0 Å². The van der Waals surface area contributed by atoms with Crippen LogP contribution in [0.15, 0.2) is 18.2 Å². The molecule has 0 aliphatic rings. The van der Waals surface area contributed by atoms with E-state index in [0.29, 0.717) is 29.6 Å². The van der Waals surface area contributed by atoms with Crippen LogP contribution in [0.1, 0.15) is 27.7 Å². The predicted molar refractivity (Wildman–Crippen MR) is 86.2 cm³/mol. The summed E-state index contributed by atoms with van der Waals surface area (Å²) < 4.78 is 10.7. The van der Waals surface area contributed by atoms with Crippen molar-refractivity contribution in [2.24, 2.45) is 5.92 Å². The maximum absolute atomic E-state index is 12.1. The van der Waals surface area contributed by atoms with Crippen molar-refractivity contribution in [3.05, 3.63) is 18.2 Å². The number of hydrogen-bond acceptors (Lipinski definition) is 4. The van der Waals surface area contributed by atoms with Crippen LogP contribution in [-0.4, -0.2) is 31.6 Å². The number of amides is 2. The first-order chi connectivity index (χ1) is 10.3. The highest BCUT2D eigenvalue weighted by atomic mass is 16.5. The lowest BCUT2D eigenvalue weighted by atomic mass is 10.2. The number of nitrogens with one attached hydrogen (secondary N) is 2. The molecule has 0 aromatic heterocycles. The molecular formula is C16H24N2O4. The van der Waals surface area contributed by atoms with Gasteiger partial charge in [0.2, 0.25) is 5.91 Å². The number of rotatable bonds is 7. The van der Waals surface area contributed by atoms with E-state index in [0.717, 1.165) is 0 Å². The van der Waals surface area contributed by atoms with Crippen molar-refractivity contribution in [1.82, 2.24) is 0 Å². The molecule has 0 aliphatic carbocycles. The van der Waals surface area contributed by atoms with Gasteiger partial charge in [0.1, 0.15) is 11.9 Å². The van der Waals surface area contributed by atoms with E-state index in [4.69, 9.17) is 9.47 Å². The summed E-state index contributed by atoms with van der Waals surface area (Å²) in [5.41, 5.74) is 1.07. The Balaban J connectivity index is 2.81. The lowest BCUT2D eigenvalue weighted by molar-refractivity contribution is -0.127. The van der Waals surface area contributed by atoms with Gasteiger partial charge in [-0.05, 0) is 31.0 Å². The molecule has 22 heavy (non-hydrogen) atoms. The van der Waals surface area contributed by atoms with Crippen molar-refractivity contribution in [3.8, 4) is 5.75 Å². The fraction of sp³-hybridized carbons (Fsp3) is 0.500. The third-order valence-electron chi connectivity index (χ3n) is 2.83. The number of carbonyl (C=O) groups is 2. The Kier molecular flexibility index (Phi) is 6.85. The third kappa shape index (κ3) is 5.73. The van der Waals surface area contributed by atoms with Crippen LogP contribution in [0.2, 0.25) is 0 Å². The summed E-state index contributed by atoms with van der Waals surface area (Å²) in [6.07, 6.45) is -0.573. The van der Waals surface area contributed by atoms with E-state index in [1.165, 1.54) is 14.0 Å². The lowest BCUT2D eigenvalue weighted by Gasteiger charge is -2.17. The van der Waals surface area contributed by atoms with E-state index in [-0.39, 0.29) is 11.8 Å². The minimum Gasteiger partial charge on any atom is -0.495 e. The topological polar surface area (TPSA) is 76.7 Å². The van der Waals surface area contributed by atoms with Crippen molar-refractivity contribution in [2.75, 3.05) is 24.4 Å². The second kappa shape index (κ2) is 8.38. The normalized spacial score (nSPS) is 11.9. The highest BCUT2D eigenvalue weighted by Gasteiger charge is 2.16. The SMILES string of the molecule is COc1ccc(NC(C)=O)cc1NC(=O)C(C)OCC(C)C. The first kappa shape index (κ1) is 18.0. The minimum atomic E-state index is -0.573. The number of hydrogen-bond donors (Lipinski definition) is 2. The number of methoxy groups -OCH3 is 1. The quantitative estimate of drug-likeness (QED) is 0.812. The van der Waals surface area contributed by atoms with E-state index in [2.05, 4.69) is 10.6 Å². The Morgan fingerprint density at radius 2 is 1.86 bits per heavy atom. The van der Waals surface area contributed by atoms with Gasteiger partial charge in [-0.3, -0.25) is 9.59 Å². The van der Waals surface area contributed by atoms with Crippen LogP contribution in [0.4, 0.5) is 11.4 Å². The number of anilines is 2. The van der Waals surface area contributed by atoms with Gasteiger partial charge >= 0.3 is 0 Å². The second-order valence-corrected chi connectivity index (χ2v) is 5.45. The number of benzene rings is 1. The standard InChI is InChI=1S/C16H24N2O4/c1-10(2)9-22-11(3)16(20)18-14-8-13(17-12(4)19)6-7-15(14)21-5/h6-8,10-11H,9H2,1-5H3,(H,17,19)(H,18,20). The first-order valence-corrected chi connectivity index (χ1v) is 7.21. The summed E-state index contributed by atoms with van der Waals surface area (Å²) in [6.45, 7) is 7.67. The molecule has 2 amide bonds. The van der Waals surface area contributed by atoms with Gasteiger partial charge in [-0.1, -0.05) is 13.8 Å². The largest absolute Gasteiger partial charge is 0.495 e. The number of ether oxygens (including phenoxy) is 2. The van der Waals surface area contributed by atoms with Crippen LogP contribution < -0.4 is 15.4 Å². The van der Waals surface area contributed by atoms with Gasteiger partial charge in [-0.2, -0.15) is 0 Å². The van der Waals surface area contributed by atoms with Gasteiger partial charge in [-0.25, -0.2) is 0 Å². The molecular weight excluding hydrogens is 284 g/mol. The zero-order chi connectivity index (χ0) is 16.7. The van der Waals surface area contributed by atoms with E-state index in [9.17, 15) is 9.59 Å². The summed E-state index contributed by atoms with van der Waals surface area (Å²) in [6, 6.07) is 5.03. The zero-order valence-electron chi connectivity index (χ0n) is 13.7. The summed E-state index contributed by atoms with van der Waals surface area (Å²) >= 11 is 0. The minimum absolute atomic E-state index is 0.184.